The Balaban J connectivity index is 4.21. The Labute approximate surface area is 154 Å². The zero-order valence-electron chi connectivity index (χ0n) is 15.6. The van der Waals surface area contributed by atoms with E-state index in [9.17, 15) is 14.4 Å². The zero-order chi connectivity index (χ0) is 19.6. The molecular weight excluding hydrogens is 342 g/mol. The van der Waals surface area contributed by atoms with E-state index in [0.717, 1.165) is 32.1 Å². The number of unbranched alkanes of at least 4 members (excludes halogenated alkanes) is 4. The van der Waals surface area contributed by atoms with Gasteiger partial charge in [0.2, 0.25) is 11.8 Å². The highest BCUT2D eigenvalue weighted by Crippen LogP contribution is 2.06. The quantitative estimate of drug-likeness (QED) is 0.217. The van der Waals surface area contributed by atoms with Crippen LogP contribution in [-0.4, -0.2) is 55.3 Å². The Morgan fingerprint density at radius 3 is 2.42 bits per heavy atom. The van der Waals surface area contributed by atoms with Crippen LogP contribution in [0, 0.1) is 0 Å². The van der Waals surface area contributed by atoms with Crippen molar-refractivity contribution >= 4 is 17.8 Å². The molecule has 0 aliphatic heterocycles. The number of rotatable bonds is 17. The van der Waals surface area contributed by atoms with Gasteiger partial charge in [-0.05, 0) is 12.8 Å². The van der Waals surface area contributed by atoms with Gasteiger partial charge in [-0.25, -0.2) is 5.90 Å². The van der Waals surface area contributed by atoms with Crippen molar-refractivity contribution in [3.63, 3.8) is 0 Å². The molecule has 0 saturated heterocycles. The number of ether oxygens (including phenoxy) is 1. The average molecular weight is 375 g/mol. The molecule has 152 valence electrons. The second kappa shape index (κ2) is 16.7. The maximum absolute atomic E-state index is 12.2. The molecule has 5 N–H and O–H groups in total. The van der Waals surface area contributed by atoms with Gasteiger partial charge in [-0.3, -0.25) is 14.4 Å². The molecule has 0 aromatic rings. The molecule has 0 bridgehead atoms. The van der Waals surface area contributed by atoms with E-state index in [0.29, 0.717) is 13.0 Å². The summed E-state index contributed by atoms with van der Waals surface area (Å²) in [5, 5.41) is 14.1. The summed E-state index contributed by atoms with van der Waals surface area (Å²) in [4.78, 5) is 39.3. The summed E-state index contributed by atoms with van der Waals surface area (Å²) >= 11 is 0. The van der Waals surface area contributed by atoms with Crippen LogP contribution in [0.15, 0.2) is 0 Å². The van der Waals surface area contributed by atoms with Gasteiger partial charge >= 0.3 is 5.97 Å². The van der Waals surface area contributed by atoms with Crippen LogP contribution in [0.3, 0.4) is 0 Å². The van der Waals surface area contributed by atoms with Crippen LogP contribution >= 0.6 is 0 Å². The van der Waals surface area contributed by atoms with Crippen molar-refractivity contribution in [2.45, 2.75) is 64.3 Å². The van der Waals surface area contributed by atoms with E-state index < -0.39 is 17.9 Å². The molecule has 9 heteroatoms. The number of hydrogen-bond acceptors (Lipinski definition) is 6. The molecule has 0 aliphatic rings. The van der Waals surface area contributed by atoms with Crippen LogP contribution in [0.4, 0.5) is 0 Å². The largest absolute Gasteiger partial charge is 0.481 e. The first-order valence-corrected chi connectivity index (χ1v) is 9.19. The Bertz CT molecular complexity index is 406. The molecule has 0 rings (SSSR count). The molecule has 0 aromatic carbocycles. The lowest BCUT2D eigenvalue weighted by molar-refractivity contribution is -0.138. The van der Waals surface area contributed by atoms with Crippen LogP contribution in [0.2, 0.25) is 0 Å². The molecule has 9 nitrogen and oxygen atoms in total. The standard InChI is InChI=1S/C17H33N3O6/c1-2-3-4-5-6-7-15(21)20-14(8-9-16(22)23)17(24)19-10-11-25-12-13-26-18/h14H,2-13,18H2,1H3,(H,19,24)(H,20,21)(H,22,23)/t14-/m0/s1. The molecule has 1 atom stereocenters. The summed E-state index contributed by atoms with van der Waals surface area (Å²) in [5.74, 6) is 3.20. The average Bonchev–Trinajstić information content (AvgIpc) is 2.61. The highest BCUT2D eigenvalue weighted by Gasteiger charge is 2.21. The molecule has 0 fully saturated rings. The van der Waals surface area contributed by atoms with Gasteiger partial charge in [0.1, 0.15) is 6.04 Å². The van der Waals surface area contributed by atoms with E-state index in [1.165, 1.54) is 0 Å². The zero-order valence-corrected chi connectivity index (χ0v) is 15.6. The third-order valence-corrected chi connectivity index (χ3v) is 3.70. The topological polar surface area (TPSA) is 140 Å². The Morgan fingerprint density at radius 2 is 1.77 bits per heavy atom. The number of nitrogens with two attached hydrogens (primary N) is 1. The van der Waals surface area contributed by atoms with Crippen molar-refractivity contribution in [2.24, 2.45) is 5.90 Å². The monoisotopic (exact) mass is 375 g/mol. The van der Waals surface area contributed by atoms with E-state index in [1.807, 2.05) is 0 Å². The number of nitrogens with one attached hydrogen (secondary N) is 2. The second-order valence-corrected chi connectivity index (χ2v) is 5.99. The number of hydrogen-bond donors (Lipinski definition) is 4. The van der Waals surface area contributed by atoms with E-state index in [-0.39, 0.29) is 38.5 Å². The van der Waals surface area contributed by atoms with E-state index in [4.69, 9.17) is 15.7 Å². The smallest absolute Gasteiger partial charge is 0.303 e. The molecule has 0 spiro atoms. The fourth-order valence-electron chi connectivity index (χ4n) is 2.27. The molecule has 26 heavy (non-hydrogen) atoms. The van der Waals surface area contributed by atoms with Gasteiger partial charge in [0, 0.05) is 19.4 Å². The molecule has 2 amide bonds. The summed E-state index contributed by atoms with van der Waals surface area (Å²) in [5.41, 5.74) is 0. The number of amides is 2. The minimum atomic E-state index is -1.01. The minimum Gasteiger partial charge on any atom is -0.481 e. The second-order valence-electron chi connectivity index (χ2n) is 5.99. The van der Waals surface area contributed by atoms with Gasteiger partial charge in [-0.1, -0.05) is 32.6 Å². The van der Waals surface area contributed by atoms with Gasteiger partial charge in [-0.2, -0.15) is 0 Å². The Hall–Kier alpha value is -1.71. The van der Waals surface area contributed by atoms with Crippen LogP contribution < -0.4 is 16.5 Å². The lowest BCUT2D eigenvalue weighted by Gasteiger charge is -2.18. The van der Waals surface area contributed by atoms with E-state index in [1.54, 1.807) is 0 Å². The van der Waals surface area contributed by atoms with Crippen LogP contribution in [0.5, 0.6) is 0 Å². The highest BCUT2D eigenvalue weighted by atomic mass is 16.6. The molecule has 0 saturated carbocycles. The summed E-state index contributed by atoms with van der Waals surface area (Å²) in [6.07, 6.45) is 5.28. The minimum absolute atomic E-state index is 0.0462. The number of aliphatic carboxylic acids is 1. The maximum atomic E-state index is 12.2. The van der Waals surface area contributed by atoms with E-state index in [2.05, 4.69) is 22.4 Å². The Morgan fingerprint density at radius 1 is 1.04 bits per heavy atom. The molecule has 0 heterocycles. The highest BCUT2D eigenvalue weighted by molar-refractivity contribution is 5.87. The lowest BCUT2D eigenvalue weighted by Crippen LogP contribution is -2.47. The van der Waals surface area contributed by atoms with E-state index >= 15 is 0 Å². The predicted molar refractivity (Wildman–Crippen MR) is 96.1 cm³/mol. The molecular formula is C17H33N3O6. The third-order valence-electron chi connectivity index (χ3n) is 3.70. The number of carboxylic acid groups (broad SMARTS) is 1. The van der Waals surface area contributed by atoms with Gasteiger partial charge in [0.15, 0.2) is 0 Å². The summed E-state index contributed by atoms with van der Waals surface area (Å²) in [6.45, 7) is 3.20. The fourth-order valence-corrected chi connectivity index (χ4v) is 2.27. The van der Waals surface area contributed by atoms with Crippen LogP contribution in [0.1, 0.15) is 58.3 Å². The predicted octanol–water partition coefficient (Wildman–Crippen LogP) is 0.720. The van der Waals surface area contributed by atoms with Gasteiger partial charge in [0.05, 0.1) is 19.8 Å². The number of carbonyl (C=O) groups is 3. The number of carbonyl (C=O) groups excluding carboxylic acids is 2. The lowest BCUT2D eigenvalue weighted by atomic mass is 10.1. The summed E-state index contributed by atoms with van der Waals surface area (Å²) in [7, 11) is 0. The molecule has 0 aliphatic carbocycles. The van der Waals surface area contributed by atoms with Gasteiger partial charge in [-0.15, -0.1) is 0 Å². The van der Waals surface area contributed by atoms with Crippen molar-refractivity contribution in [1.29, 1.82) is 0 Å². The Kier molecular flexibility index (Phi) is 15.6. The normalized spacial score (nSPS) is 11.8. The summed E-state index contributed by atoms with van der Waals surface area (Å²) in [6, 6.07) is -0.860. The van der Waals surface area contributed by atoms with Gasteiger partial charge in [0.25, 0.3) is 0 Å². The van der Waals surface area contributed by atoms with Gasteiger partial charge < -0.3 is 25.3 Å². The summed E-state index contributed by atoms with van der Waals surface area (Å²) < 4.78 is 5.17. The first-order valence-electron chi connectivity index (χ1n) is 9.19. The first kappa shape index (κ1) is 24.3. The molecule has 0 radical (unpaired) electrons. The van der Waals surface area contributed by atoms with Crippen molar-refractivity contribution in [1.82, 2.24) is 10.6 Å². The van der Waals surface area contributed by atoms with Crippen molar-refractivity contribution < 1.29 is 29.1 Å². The molecule has 0 unspecified atom stereocenters. The van der Waals surface area contributed by atoms with Crippen molar-refractivity contribution in [3.8, 4) is 0 Å². The molecule has 0 aromatic heterocycles. The first-order chi connectivity index (χ1) is 12.5. The number of carboxylic acids is 1. The van der Waals surface area contributed by atoms with Crippen molar-refractivity contribution in [3.05, 3.63) is 0 Å². The third kappa shape index (κ3) is 14.6. The van der Waals surface area contributed by atoms with Crippen LogP contribution in [-0.2, 0) is 24.0 Å². The SMILES string of the molecule is CCCCCCCC(=O)N[C@@H](CCC(=O)O)C(=O)NCCOCCON. The fraction of sp³-hybridized carbons (Fsp3) is 0.824. The van der Waals surface area contributed by atoms with Crippen molar-refractivity contribution in [2.75, 3.05) is 26.4 Å². The van der Waals surface area contributed by atoms with Crippen LogP contribution in [0.25, 0.3) is 0 Å². The maximum Gasteiger partial charge on any atom is 0.303 e.